The van der Waals surface area contributed by atoms with E-state index in [0.29, 0.717) is 5.41 Å². The maximum atomic E-state index is 5.69. The van der Waals surface area contributed by atoms with Crippen molar-refractivity contribution in [3.8, 4) is 0 Å². The van der Waals surface area contributed by atoms with Crippen LogP contribution in [0.4, 0.5) is 0 Å². The Hall–Kier alpha value is -1.13. The highest BCUT2D eigenvalue weighted by Crippen LogP contribution is 2.68. The molecule has 3 fully saturated rings. The molecule has 1 aliphatic heterocycles. The van der Waals surface area contributed by atoms with Crippen molar-refractivity contribution in [3.63, 3.8) is 0 Å². The lowest BCUT2D eigenvalue weighted by Crippen LogP contribution is -2.52. The smallest absolute Gasteiger partial charge is 0.171 e. The summed E-state index contributed by atoms with van der Waals surface area (Å²) in [4.78, 5) is 0. The summed E-state index contributed by atoms with van der Waals surface area (Å²) in [5.41, 5.74) is 6.57. The third-order valence-electron chi connectivity index (χ3n) is 12.2. The first-order valence-electron chi connectivity index (χ1n) is 15.9. The third kappa shape index (κ3) is 4.88. The molecule has 4 aliphatic carbocycles. The van der Waals surface area contributed by atoms with Crippen LogP contribution in [0, 0.1) is 46.3 Å². The zero-order valence-electron chi connectivity index (χ0n) is 24.8. The van der Waals surface area contributed by atoms with Gasteiger partial charge in [0.15, 0.2) is 5.11 Å². The van der Waals surface area contributed by atoms with Crippen molar-refractivity contribution in [2.24, 2.45) is 46.3 Å². The van der Waals surface area contributed by atoms with Crippen molar-refractivity contribution in [3.05, 3.63) is 57.2 Å². The molecule has 1 aromatic rings. The van der Waals surface area contributed by atoms with Crippen molar-refractivity contribution >= 4 is 33.3 Å². The number of hydrogen-bond acceptors (Lipinski definition) is 1. The molecule has 2 nitrogen and oxygen atoms in total. The van der Waals surface area contributed by atoms with Gasteiger partial charge in [-0.05, 0) is 133 Å². The van der Waals surface area contributed by atoms with Crippen molar-refractivity contribution in [2.75, 3.05) is 0 Å². The number of fused-ring (bicyclic) bond motifs is 5. The topological polar surface area (TPSA) is 24.1 Å². The number of halogens is 1. The van der Waals surface area contributed by atoms with Gasteiger partial charge in [-0.15, -0.1) is 0 Å². The highest BCUT2D eigenvalue weighted by atomic mass is 79.9. The number of benzene rings is 1. The van der Waals surface area contributed by atoms with Gasteiger partial charge in [-0.3, -0.25) is 0 Å². The molecular formula is C35H49BrN2S. The Kier molecular flexibility index (Phi) is 7.62. The molecule has 212 valence electrons. The first kappa shape index (κ1) is 28.0. The van der Waals surface area contributed by atoms with E-state index in [9.17, 15) is 0 Å². The molecule has 0 saturated heterocycles. The molecule has 1 aromatic carbocycles. The quantitative estimate of drug-likeness (QED) is 0.314. The summed E-state index contributed by atoms with van der Waals surface area (Å²) in [7, 11) is 0. The monoisotopic (exact) mass is 608 g/mol. The lowest BCUT2D eigenvalue weighted by Gasteiger charge is -2.59. The van der Waals surface area contributed by atoms with Crippen LogP contribution in [0.25, 0.3) is 0 Å². The van der Waals surface area contributed by atoms with Gasteiger partial charge in [0.05, 0.1) is 6.04 Å². The van der Waals surface area contributed by atoms with Crippen LogP contribution in [-0.4, -0.2) is 5.11 Å². The number of rotatable bonds is 6. The van der Waals surface area contributed by atoms with E-state index in [2.05, 4.69) is 91.5 Å². The van der Waals surface area contributed by atoms with Gasteiger partial charge in [-0.2, -0.15) is 0 Å². The van der Waals surface area contributed by atoms with Gasteiger partial charge >= 0.3 is 0 Å². The molecule has 8 atom stereocenters. The SMILES string of the molecule is CC(C)CCC[C@@H](C)[C@H]1CCC2C3CCC4=CC5=C(C[C@]4(C)C3CC[C@@]21C)C(c1cccc(Br)c1)NC(=S)N5. The second kappa shape index (κ2) is 10.6. The summed E-state index contributed by atoms with van der Waals surface area (Å²) < 4.78 is 1.13. The third-order valence-corrected chi connectivity index (χ3v) is 12.9. The van der Waals surface area contributed by atoms with E-state index >= 15 is 0 Å². The molecule has 2 N–H and O–H groups in total. The normalized spacial score (nSPS) is 38.2. The Labute approximate surface area is 251 Å². The molecule has 39 heavy (non-hydrogen) atoms. The molecule has 1 heterocycles. The minimum Gasteiger partial charge on any atom is -0.352 e. The zero-order chi connectivity index (χ0) is 27.5. The minimum atomic E-state index is 0.151. The van der Waals surface area contributed by atoms with Gasteiger partial charge in [0, 0.05) is 10.2 Å². The molecular weight excluding hydrogens is 560 g/mol. The molecule has 4 unspecified atom stereocenters. The van der Waals surface area contributed by atoms with Gasteiger partial charge in [-0.25, -0.2) is 0 Å². The molecule has 4 heteroatoms. The minimum absolute atomic E-state index is 0.151. The van der Waals surface area contributed by atoms with E-state index < -0.39 is 0 Å². The first-order chi connectivity index (χ1) is 18.6. The van der Waals surface area contributed by atoms with E-state index in [4.69, 9.17) is 12.2 Å². The highest BCUT2D eigenvalue weighted by molar-refractivity contribution is 9.10. The van der Waals surface area contributed by atoms with Crippen LogP contribution in [0.1, 0.15) is 110 Å². The van der Waals surface area contributed by atoms with Gasteiger partial charge in [-0.1, -0.05) is 87.5 Å². The van der Waals surface area contributed by atoms with Crippen molar-refractivity contribution < 1.29 is 0 Å². The van der Waals surface area contributed by atoms with E-state index in [1.54, 1.807) is 5.57 Å². The molecule has 0 spiro atoms. The highest BCUT2D eigenvalue weighted by Gasteiger charge is 2.59. The largest absolute Gasteiger partial charge is 0.352 e. The molecule has 0 radical (unpaired) electrons. The lowest BCUT2D eigenvalue weighted by molar-refractivity contribution is -0.0560. The van der Waals surface area contributed by atoms with Crippen molar-refractivity contribution in [2.45, 2.75) is 105 Å². The second-order valence-corrected chi connectivity index (χ2v) is 16.1. The van der Waals surface area contributed by atoms with Gasteiger partial charge < -0.3 is 10.6 Å². The number of hydrogen-bond donors (Lipinski definition) is 2. The first-order valence-corrected chi connectivity index (χ1v) is 17.1. The van der Waals surface area contributed by atoms with Crippen molar-refractivity contribution in [1.29, 1.82) is 0 Å². The van der Waals surface area contributed by atoms with Crippen LogP contribution in [-0.2, 0) is 0 Å². The number of thiocarbonyl (C=S) groups is 1. The summed E-state index contributed by atoms with van der Waals surface area (Å²) in [6.45, 7) is 12.7. The summed E-state index contributed by atoms with van der Waals surface area (Å²) in [6.07, 6.45) is 16.3. The van der Waals surface area contributed by atoms with Crippen LogP contribution in [0.2, 0.25) is 0 Å². The molecule has 0 amide bonds. The zero-order valence-corrected chi connectivity index (χ0v) is 27.2. The van der Waals surface area contributed by atoms with Crippen LogP contribution in [0.3, 0.4) is 0 Å². The van der Waals surface area contributed by atoms with E-state index in [0.717, 1.165) is 51.5 Å². The van der Waals surface area contributed by atoms with Gasteiger partial charge in [0.2, 0.25) is 0 Å². The second-order valence-electron chi connectivity index (χ2n) is 14.7. The predicted octanol–water partition coefficient (Wildman–Crippen LogP) is 9.87. The molecule has 0 aromatic heterocycles. The van der Waals surface area contributed by atoms with E-state index in [-0.39, 0.29) is 11.5 Å². The fourth-order valence-electron chi connectivity index (χ4n) is 10.3. The summed E-state index contributed by atoms with van der Waals surface area (Å²) in [6, 6.07) is 8.92. The molecule has 0 bridgehead atoms. The van der Waals surface area contributed by atoms with Gasteiger partial charge in [0.25, 0.3) is 0 Å². The van der Waals surface area contributed by atoms with Crippen LogP contribution < -0.4 is 10.6 Å². The summed E-state index contributed by atoms with van der Waals surface area (Å²) in [5, 5.41) is 7.94. The Morgan fingerprint density at radius 2 is 1.87 bits per heavy atom. The van der Waals surface area contributed by atoms with Crippen molar-refractivity contribution in [1.82, 2.24) is 10.6 Å². The Morgan fingerprint density at radius 3 is 2.64 bits per heavy atom. The van der Waals surface area contributed by atoms with Crippen LogP contribution in [0.5, 0.6) is 0 Å². The lowest BCUT2D eigenvalue weighted by atomic mass is 9.46. The predicted molar refractivity (Wildman–Crippen MR) is 171 cm³/mol. The van der Waals surface area contributed by atoms with E-state index in [1.165, 1.54) is 74.6 Å². The maximum absolute atomic E-state index is 5.69. The Morgan fingerprint density at radius 1 is 1.05 bits per heavy atom. The Bertz CT molecular complexity index is 1180. The maximum Gasteiger partial charge on any atom is 0.171 e. The average Bonchev–Trinajstić information content (AvgIpc) is 3.24. The molecule has 5 aliphatic rings. The molecule has 3 saturated carbocycles. The van der Waals surface area contributed by atoms with Crippen LogP contribution in [0.15, 0.2) is 51.7 Å². The summed E-state index contributed by atoms with van der Waals surface area (Å²) >= 11 is 9.39. The summed E-state index contributed by atoms with van der Waals surface area (Å²) in [5.74, 6) is 5.24. The number of nitrogens with one attached hydrogen (secondary N) is 2. The fourth-order valence-corrected chi connectivity index (χ4v) is 11.0. The number of allylic oxidation sites excluding steroid dienone is 2. The Balaban J connectivity index is 1.25. The molecule has 6 rings (SSSR count). The van der Waals surface area contributed by atoms with Crippen LogP contribution >= 0.6 is 28.1 Å². The fraction of sp³-hybridized carbons (Fsp3) is 0.686. The van der Waals surface area contributed by atoms with E-state index in [1.807, 2.05) is 0 Å². The van der Waals surface area contributed by atoms with Gasteiger partial charge in [0.1, 0.15) is 0 Å². The average molecular weight is 610 g/mol. The standard InChI is InChI=1S/C35H49BrN2S/c1-21(2)8-6-9-22(3)28-14-15-29-26-13-12-24-19-31-27(20-35(24,5)30(26)16-17-34(28,29)4)32(38-33(39)37-31)23-10-7-11-25(36)18-23/h7,10-11,18-19,21-22,26,28-30,32H,6,8-9,12-17,20H2,1-5H3,(H2,37,38,39)/t22-,26?,28-,29?,30?,32?,34-,35+/m1/s1.